The predicted molar refractivity (Wildman–Crippen MR) is 131 cm³/mol. The van der Waals surface area contributed by atoms with Crippen LogP contribution in [-0.4, -0.2) is 58.5 Å². The Morgan fingerprint density at radius 3 is 2.56 bits per heavy atom. The van der Waals surface area contributed by atoms with Crippen LogP contribution in [0.15, 0.2) is 59.1 Å². The number of carboxylic acid groups (broad SMARTS) is 1. The van der Waals surface area contributed by atoms with E-state index in [2.05, 4.69) is 10.1 Å². The number of likely N-dealkylation sites (tertiary alicyclic amines) is 1. The maximum Gasteiger partial charge on any atom is 0.409 e. The van der Waals surface area contributed by atoms with Crippen LogP contribution >= 0.6 is 0 Å². The molecule has 1 N–H and O–H groups in total. The average molecular weight is 494 g/mol. The van der Waals surface area contributed by atoms with Gasteiger partial charge in [0.15, 0.2) is 5.82 Å². The van der Waals surface area contributed by atoms with E-state index in [1.165, 1.54) is 4.90 Å². The van der Waals surface area contributed by atoms with E-state index in [9.17, 15) is 14.7 Å². The average Bonchev–Trinajstić information content (AvgIpc) is 3.52. The highest BCUT2D eigenvalue weighted by atomic mass is 16.6. The van der Waals surface area contributed by atoms with Gasteiger partial charge in [-0.3, -0.25) is 4.79 Å². The lowest BCUT2D eigenvalue weighted by Crippen LogP contribution is -2.31. The van der Waals surface area contributed by atoms with E-state index >= 15 is 0 Å². The van der Waals surface area contributed by atoms with E-state index in [-0.39, 0.29) is 18.4 Å². The summed E-state index contributed by atoms with van der Waals surface area (Å²) in [6.45, 7) is 5.16. The van der Waals surface area contributed by atoms with E-state index in [4.69, 9.17) is 14.0 Å². The summed E-state index contributed by atoms with van der Waals surface area (Å²) in [6.07, 6.45) is 0.609. The predicted octanol–water partition coefficient (Wildman–Crippen LogP) is 4.33. The molecule has 3 aromatic rings. The molecule has 9 heteroatoms. The van der Waals surface area contributed by atoms with Crippen molar-refractivity contribution in [2.45, 2.75) is 26.7 Å². The van der Waals surface area contributed by atoms with Gasteiger partial charge in [0.2, 0.25) is 0 Å². The number of rotatable bonds is 10. The lowest BCUT2D eigenvalue weighted by Gasteiger charge is -2.17. The summed E-state index contributed by atoms with van der Waals surface area (Å²) in [4.78, 5) is 30.0. The van der Waals surface area contributed by atoms with Crippen LogP contribution in [0.1, 0.15) is 25.2 Å². The second-order valence-corrected chi connectivity index (χ2v) is 9.41. The van der Waals surface area contributed by atoms with Gasteiger partial charge >= 0.3 is 12.1 Å². The van der Waals surface area contributed by atoms with Crippen molar-refractivity contribution in [2.24, 2.45) is 17.8 Å². The molecule has 0 saturated carbocycles. The Bertz CT molecular complexity index is 1150. The van der Waals surface area contributed by atoms with Crippen molar-refractivity contribution in [2.75, 3.05) is 26.3 Å². The molecule has 0 radical (unpaired) electrons. The number of ether oxygens (including phenoxy) is 2. The third-order valence-electron chi connectivity index (χ3n) is 6.06. The van der Waals surface area contributed by atoms with E-state index in [1.807, 2.05) is 68.4 Å². The number of benzene rings is 2. The highest BCUT2D eigenvalue weighted by molar-refractivity contribution is 5.74. The lowest BCUT2D eigenvalue weighted by molar-refractivity contribution is -0.142. The Hall–Kier alpha value is -3.88. The van der Waals surface area contributed by atoms with Crippen molar-refractivity contribution in [1.82, 2.24) is 15.0 Å². The van der Waals surface area contributed by atoms with Crippen LogP contribution in [0.3, 0.4) is 0 Å². The Morgan fingerprint density at radius 2 is 1.86 bits per heavy atom. The Kier molecular flexibility index (Phi) is 8.20. The van der Waals surface area contributed by atoms with Crippen LogP contribution < -0.4 is 4.74 Å². The van der Waals surface area contributed by atoms with Gasteiger partial charge in [0.25, 0.3) is 5.89 Å². The Balaban J connectivity index is 1.27. The minimum Gasteiger partial charge on any atom is -0.493 e. The standard InChI is InChI=1S/C27H31N3O6/c1-18(2)17-35-27(33)30-15-21(23(16-30)26(31)32)14-19-8-10-22(11-9-19)34-13-12-24-28-25(36-29-24)20-6-4-3-5-7-20/h3-11,18,21,23H,12-17H2,1-2H3,(H,31,32)/t21-,23+/m1/s1. The lowest BCUT2D eigenvalue weighted by atomic mass is 9.90. The minimum atomic E-state index is -0.893. The van der Waals surface area contributed by atoms with Gasteiger partial charge in [0, 0.05) is 25.1 Å². The van der Waals surface area contributed by atoms with Crippen molar-refractivity contribution in [3.8, 4) is 17.2 Å². The maximum absolute atomic E-state index is 12.3. The number of carboxylic acids is 1. The summed E-state index contributed by atoms with van der Waals surface area (Å²) in [6, 6.07) is 17.2. The van der Waals surface area contributed by atoms with Crippen LogP contribution in [0.25, 0.3) is 11.5 Å². The molecule has 1 aliphatic heterocycles. The molecule has 190 valence electrons. The second kappa shape index (κ2) is 11.7. The van der Waals surface area contributed by atoms with Crippen molar-refractivity contribution < 1.29 is 28.7 Å². The molecular formula is C27H31N3O6. The van der Waals surface area contributed by atoms with Gasteiger partial charge in [-0.15, -0.1) is 0 Å². The van der Waals surface area contributed by atoms with Gasteiger partial charge in [0.1, 0.15) is 5.75 Å². The molecule has 4 rings (SSSR count). The fourth-order valence-corrected chi connectivity index (χ4v) is 4.17. The molecule has 0 unspecified atom stereocenters. The van der Waals surface area contributed by atoms with Crippen LogP contribution in [0.5, 0.6) is 5.75 Å². The molecular weight excluding hydrogens is 462 g/mol. The summed E-state index contributed by atoms with van der Waals surface area (Å²) in [5.74, 6) is 0.279. The summed E-state index contributed by atoms with van der Waals surface area (Å²) in [7, 11) is 0. The van der Waals surface area contributed by atoms with Crippen LogP contribution in [0, 0.1) is 17.8 Å². The number of amides is 1. The molecule has 1 aromatic heterocycles. The topological polar surface area (TPSA) is 115 Å². The summed E-state index contributed by atoms with van der Waals surface area (Å²) < 4.78 is 16.4. The highest BCUT2D eigenvalue weighted by Crippen LogP contribution is 2.28. The molecule has 2 aromatic carbocycles. The molecule has 1 fully saturated rings. The molecule has 36 heavy (non-hydrogen) atoms. The highest BCUT2D eigenvalue weighted by Gasteiger charge is 2.40. The number of hydrogen-bond acceptors (Lipinski definition) is 7. The largest absolute Gasteiger partial charge is 0.493 e. The van der Waals surface area contributed by atoms with Crippen molar-refractivity contribution in [3.05, 3.63) is 66.0 Å². The SMILES string of the molecule is CC(C)COC(=O)N1C[C@@H](Cc2ccc(OCCc3noc(-c4ccccc4)n3)cc2)[C@@H](C(=O)O)C1. The van der Waals surface area contributed by atoms with Gasteiger partial charge < -0.3 is 24.0 Å². The third kappa shape index (κ3) is 6.62. The van der Waals surface area contributed by atoms with Gasteiger partial charge in [-0.05, 0) is 48.1 Å². The molecule has 0 aliphatic carbocycles. The number of aliphatic carboxylic acids is 1. The van der Waals surface area contributed by atoms with Crippen LogP contribution in [0.2, 0.25) is 0 Å². The summed E-state index contributed by atoms with van der Waals surface area (Å²) in [5, 5.41) is 13.7. The van der Waals surface area contributed by atoms with E-state index in [1.54, 1.807) is 0 Å². The number of carbonyl (C=O) groups is 2. The first kappa shape index (κ1) is 25.2. The molecule has 0 bridgehead atoms. The fourth-order valence-electron chi connectivity index (χ4n) is 4.17. The number of carbonyl (C=O) groups excluding carboxylic acids is 1. The summed E-state index contributed by atoms with van der Waals surface area (Å²) in [5.41, 5.74) is 1.86. The molecule has 0 spiro atoms. The molecule has 1 amide bonds. The third-order valence-corrected chi connectivity index (χ3v) is 6.06. The van der Waals surface area contributed by atoms with E-state index in [0.717, 1.165) is 11.1 Å². The first-order valence-corrected chi connectivity index (χ1v) is 12.1. The second-order valence-electron chi connectivity index (χ2n) is 9.41. The molecule has 1 saturated heterocycles. The molecule has 2 heterocycles. The normalized spacial score (nSPS) is 17.4. The van der Waals surface area contributed by atoms with Crippen LogP contribution in [-0.2, 0) is 22.4 Å². The molecule has 9 nitrogen and oxygen atoms in total. The van der Waals surface area contributed by atoms with E-state index in [0.29, 0.717) is 50.1 Å². The zero-order valence-corrected chi connectivity index (χ0v) is 20.5. The minimum absolute atomic E-state index is 0.167. The zero-order valence-electron chi connectivity index (χ0n) is 20.5. The van der Waals surface area contributed by atoms with Gasteiger partial charge in [0.05, 0.1) is 19.1 Å². The quantitative estimate of drug-likeness (QED) is 0.444. The Labute approximate surface area is 210 Å². The van der Waals surface area contributed by atoms with E-state index < -0.39 is 18.0 Å². The zero-order chi connectivity index (χ0) is 25.5. The maximum atomic E-state index is 12.3. The van der Waals surface area contributed by atoms with Crippen molar-refractivity contribution in [3.63, 3.8) is 0 Å². The first-order chi connectivity index (χ1) is 17.4. The van der Waals surface area contributed by atoms with Gasteiger partial charge in [-0.1, -0.05) is 49.3 Å². The van der Waals surface area contributed by atoms with Crippen LogP contribution in [0.4, 0.5) is 4.79 Å². The fraction of sp³-hybridized carbons (Fsp3) is 0.407. The molecule has 1 aliphatic rings. The molecule has 2 atom stereocenters. The monoisotopic (exact) mass is 493 g/mol. The number of nitrogens with zero attached hydrogens (tertiary/aromatic N) is 3. The Morgan fingerprint density at radius 1 is 1.11 bits per heavy atom. The number of hydrogen-bond donors (Lipinski definition) is 1. The van der Waals surface area contributed by atoms with Gasteiger partial charge in [-0.2, -0.15) is 4.98 Å². The van der Waals surface area contributed by atoms with Crippen molar-refractivity contribution >= 4 is 12.1 Å². The smallest absolute Gasteiger partial charge is 0.409 e. The number of aromatic nitrogens is 2. The van der Waals surface area contributed by atoms with Crippen molar-refractivity contribution in [1.29, 1.82) is 0 Å². The summed E-state index contributed by atoms with van der Waals surface area (Å²) >= 11 is 0. The first-order valence-electron chi connectivity index (χ1n) is 12.1. The van der Waals surface area contributed by atoms with Gasteiger partial charge in [-0.25, -0.2) is 4.79 Å².